The Morgan fingerprint density at radius 2 is 2.04 bits per heavy atom. The van der Waals surface area contributed by atoms with Crippen molar-refractivity contribution in [3.05, 3.63) is 57.8 Å². The van der Waals surface area contributed by atoms with Crippen LogP contribution in [0.4, 0.5) is 5.82 Å². The average Bonchev–Trinajstić information content (AvgIpc) is 3.00. The maximum Gasteiger partial charge on any atom is 0.183 e. The fraction of sp³-hybridized carbons (Fsp3) is 0.200. The number of halogens is 1. The van der Waals surface area contributed by atoms with E-state index in [-0.39, 0.29) is 0 Å². The number of aryl methyl sites for hydroxylation is 2. The smallest absolute Gasteiger partial charge is 0.183 e. The summed E-state index contributed by atoms with van der Waals surface area (Å²) in [4.78, 5) is 20.1. The fourth-order valence-corrected chi connectivity index (χ4v) is 4.22. The van der Waals surface area contributed by atoms with Crippen LogP contribution in [-0.4, -0.2) is 27.0 Å². The zero-order chi connectivity index (χ0) is 19.7. The lowest BCUT2D eigenvalue weighted by Crippen LogP contribution is -2.04. The second-order valence-electron chi connectivity index (χ2n) is 6.27. The molecule has 0 fully saturated rings. The zero-order valence-corrected chi connectivity index (χ0v) is 17.2. The van der Waals surface area contributed by atoms with Gasteiger partial charge in [-0.3, -0.25) is 4.98 Å². The van der Waals surface area contributed by atoms with Crippen LogP contribution in [0, 0.1) is 13.8 Å². The molecule has 28 heavy (non-hydrogen) atoms. The van der Waals surface area contributed by atoms with Crippen molar-refractivity contribution in [2.75, 3.05) is 12.4 Å². The first-order valence-electron chi connectivity index (χ1n) is 8.67. The second kappa shape index (κ2) is 7.69. The van der Waals surface area contributed by atoms with Gasteiger partial charge in [0.15, 0.2) is 5.82 Å². The molecule has 0 aliphatic carbocycles. The minimum absolute atomic E-state index is 0.553. The molecule has 3 heterocycles. The number of hydrogen-bond donors (Lipinski definition) is 1. The number of nitrogens with one attached hydrogen (secondary N) is 1. The number of aromatic nitrogens is 4. The summed E-state index contributed by atoms with van der Waals surface area (Å²) in [6.07, 6.45) is 4.94. The number of anilines is 1. The maximum atomic E-state index is 6.25. The summed E-state index contributed by atoms with van der Waals surface area (Å²) < 4.78 is 5.22. The molecule has 1 aromatic carbocycles. The number of benzene rings is 1. The van der Waals surface area contributed by atoms with E-state index in [2.05, 4.69) is 29.1 Å². The third-order valence-electron chi connectivity index (χ3n) is 4.50. The van der Waals surface area contributed by atoms with Crippen molar-refractivity contribution >= 4 is 39.0 Å². The van der Waals surface area contributed by atoms with Gasteiger partial charge in [0.1, 0.15) is 22.1 Å². The SMILES string of the molecule is COc1ccc(CNc2nc(-c3cnccn3)nc3sc(C)c(C)c23)cc1Cl. The highest BCUT2D eigenvalue weighted by atomic mass is 35.5. The normalized spacial score (nSPS) is 11.0. The van der Waals surface area contributed by atoms with Crippen molar-refractivity contribution < 1.29 is 4.74 Å². The van der Waals surface area contributed by atoms with E-state index < -0.39 is 0 Å². The molecule has 0 unspecified atom stereocenters. The molecule has 0 aliphatic heterocycles. The van der Waals surface area contributed by atoms with Gasteiger partial charge in [-0.1, -0.05) is 17.7 Å². The van der Waals surface area contributed by atoms with Crippen LogP contribution in [0.1, 0.15) is 16.0 Å². The summed E-state index contributed by atoms with van der Waals surface area (Å²) in [6.45, 7) is 4.76. The topological polar surface area (TPSA) is 72.8 Å². The molecule has 0 amide bonds. The number of fused-ring (bicyclic) bond motifs is 1. The minimum atomic E-state index is 0.553. The summed E-state index contributed by atoms with van der Waals surface area (Å²) in [5.74, 6) is 1.99. The van der Waals surface area contributed by atoms with Gasteiger partial charge in [0.2, 0.25) is 0 Å². The van der Waals surface area contributed by atoms with Gasteiger partial charge >= 0.3 is 0 Å². The van der Waals surface area contributed by atoms with Crippen LogP contribution in [-0.2, 0) is 6.54 Å². The first-order chi connectivity index (χ1) is 13.6. The molecular formula is C20H18ClN5OS. The Morgan fingerprint density at radius 1 is 1.18 bits per heavy atom. The van der Waals surface area contributed by atoms with Crippen molar-refractivity contribution in [2.24, 2.45) is 0 Å². The van der Waals surface area contributed by atoms with Gasteiger partial charge < -0.3 is 10.1 Å². The van der Waals surface area contributed by atoms with E-state index in [4.69, 9.17) is 26.3 Å². The number of nitrogens with zero attached hydrogens (tertiary/aromatic N) is 4. The molecule has 0 bridgehead atoms. The van der Waals surface area contributed by atoms with Crippen molar-refractivity contribution in [3.63, 3.8) is 0 Å². The molecule has 0 saturated heterocycles. The van der Waals surface area contributed by atoms with Gasteiger partial charge in [-0.05, 0) is 37.1 Å². The van der Waals surface area contributed by atoms with Gasteiger partial charge in [0.25, 0.3) is 0 Å². The lowest BCUT2D eigenvalue weighted by Gasteiger charge is -2.11. The number of ether oxygens (including phenoxy) is 1. The summed E-state index contributed by atoms with van der Waals surface area (Å²) in [5.41, 5.74) is 2.85. The van der Waals surface area contributed by atoms with Gasteiger partial charge in [-0.25, -0.2) is 15.0 Å². The van der Waals surface area contributed by atoms with Crippen molar-refractivity contribution in [1.29, 1.82) is 0 Å². The largest absolute Gasteiger partial charge is 0.495 e. The van der Waals surface area contributed by atoms with E-state index in [0.29, 0.717) is 28.8 Å². The maximum absolute atomic E-state index is 6.25. The number of methoxy groups -OCH3 is 1. The van der Waals surface area contributed by atoms with Crippen molar-refractivity contribution in [2.45, 2.75) is 20.4 Å². The number of hydrogen-bond acceptors (Lipinski definition) is 7. The summed E-state index contributed by atoms with van der Waals surface area (Å²) >= 11 is 7.90. The molecule has 4 rings (SSSR count). The lowest BCUT2D eigenvalue weighted by molar-refractivity contribution is 0.415. The Balaban J connectivity index is 1.73. The van der Waals surface area contributed by atoms with E-state index in [1.807, 2.05) is 18.2 Å². The molecule has 142 valence electrons. The predicted octanol–water partition coefficient (Wildman–Crippen LogP) is 5.04. The van der Waals surface area contributed by atoms with Crippen LogP contribution in [0.3, 0.4) is 0 Å². The first-order valence-corrected chi connectivity index (χ1v) is 9.86. The minimum Gasteiger partial charge on any atom is -0.495 e. The molecule has 3 aromatic heterocycles. The Kier molecular flexibility index (Phi) is 5.11. The van der Waals surface area contributed by atoms with Crippen molar-refractivity contribution in [1.82, 2.24) is 19.9 Å². The van der Waals surface area contributed by atoms with Crippen molar-refractivity contribution in [3.8, 4) is 17.3 Å². The van der Waals surface area contributed by atoms with Crippen LogP contribution in [0.25, 0.3) is 21.7 Å². The van der Waals surface area contributed by atoms with E-state index >= 15 is 0 Å². The van der Waals surface area contributed by atoms with Gasteiger partial charge in [0, 0.05) is 23.8 Å². The third kappa shape index (κ3) is 3.50. The van der Waals surface area contributed by atoms with E-state index in [9.17, 15) is 0 Å². The Bertz CT molecular complexity index is 1150. The van der Waals surface area contributed by atoms with E-state index in [1.165, 1.54) is 10.4 Å². The fourth-order valence-electron chi connectivity index (χ4n) is 2.91. The molecule has 0 radical (unpaired) electrons. The quantitative estimate of drug-likeness (QED) is 0.496. The Labute approximate surface area is 171 Å². The van der Waals surface area contributed by atoms with Gasteiger partial charge in [0.05, 0.1) is 23.7 Å². The molecule has 0 atom stereocenters. The molecule has 0 aliphatic rings. The molecular weight excluding hydrogens is 394 g/mol. The van der Waals surface area contributed by atoms with E-state index in [1.54, 1.807) is 37.0 Å². The highest BCUT2D eigenvalue weighted by molar-refractivity contribution is 7.18. The molecule has 0 spiro atoms. The van der Waals surface area contributed by atoms with Crippen LogP contribution in [0.2, 0.25) is 5.02 Å². The van der Waals surface area contributed by atoms with E-state index in [0.717, 1.165) is 21.6 Å². The van der Waals surface area contributed by atoms with Gasteiger partial charge in [-0.15, -0.1) is 11.3 Å². The van der Waals surface area contributed by atoms with Crippen LogP contribution in [0.15, 0.2) is 36.8 Å². The summed E-state index contributed by atoms with van der Waals surface area (Å²) in [5, 5.41) is 5.06. The standard InChI is InChI=1S/C20H18ClN5OS/c1-11-12(2)28-20-17(11)19(25-18(26-20)15-10-22-6-7-23-15)24-9-13-4-5-16(27-3)14(21)8-13/h4-8,10H,9H2,1-3H3,(H,24,25,26). The molecule has 8 heteroatoms. The third-order valence-corrected chi connectivity index (χ3v) is 5.89. The van der Waals surface area contributed by atoms with Crippen LogP contribution >= 0.6 is 22.9 Å². The molecule has 4 aromatic rings. The Hall–Kier alpha value is -2.77. The second-order valence-corrected chi connectivity index (χ2v) is 7.88. The number of rotatable bonds is 5. The highest BCUT2D eigenvalue weighted by Gasteiger charge is 2.16. The number of thiophene rings is 1. The Morgan fingerprint density at radius 3 is 2.75 bits per heavy atom. The lowest BCUT2D eigenvalue weighted by atomic mass is 10.2. The summed E-state index contributed by atoms with van der Waals surface area (Å²) in [6, 6.07) is 5.73. The monoisotopic (exact) mass is 411 g/mol. The first kappa shape index (κ1) is 18.6. The average molecular weight is 412 g/mol. The molecule has 6 nitrogen and oxygen atoms in total. The predicted molar refractivity (Wildman–Crippen MR) is 113 cm³/mol. The van der Waals surface area contributed by atoms with Crippen LogP contribution in [0.5, 0.6) is 5.75 Å². The highest BCUT2D eigenvalue weighted by Crippen LogP contribution is 2.35. The van der Waals surface area contributed by atoms with Crippen LogP contribution < -0.4 is 10.1 Å². The molecule has 0 saturated carbocycles. The zero-order valence-electron chi connectivity index (χ0n) is 15.7. The summed E-state index contributed by atoms with van der Waals surface area (Å²) in [7, 11) is 1.60. The van der Waals surface area contributed by atoms with Gasteiger partial charge in [-0.2, -0.15) is 0 Å². The molecule has 1 N–H and O–H groups in total.